The number of fused-ring (bicyclic) bond motifs is 9. The van der Waals surface area contributed by atoms with E-state index in [0.717, 1.165) is 61.4 Å². The van der Waals surface area contributed by atoms with E-state index in [0.29, 0.717) is 0 Å². The van der Waals surface area contributed by atoms with Crippen molar-refractivity contribution in [1.29, 1.82) is 0 Å². The minimum Gasteiger partial charge on any atom is -0.454 e. The third-order valence-electron chi connectivity index (χ3n) is 14.5. The van der Waals surface area contributed by atoms with Crippen LogP contribution in [0, 0.1) is 0 Å². The van der Waals surface area contributed by atoms with Crippen LogP contribution < -0.4 is 20.2 Å². The van der Waals surface area contributed by atoms with Crippen molar-refractivity contribution in [2.45, 2.75) is 91.7 Å². The first-order valence-corrected chi connectivity index (χ1v) is 32.7. The molecule has 0 unspecified atom stereocenters. The van der Waals surface area contributed by atoms with Crippen molar-refractivity contribution in [2.24, 2.45) is 0 Å². The van der Waals surface area contributed by atoms with Crippen LogP contribution in [0.4, 0.5) is 34.1 Å². The topological polar surface area (TPSA) is 19.6 Å². The molecule has 0 spiro atoms. The molecule has 11 aromatic rings. The molecule has 70 heavy (non-hydrogen) atoms. The van der Waals surface area contributed by atoms with Crippen LogP contribution in [0.3, 0.4) is 0 Å². The van der Waals surface area contributed by atoms with Crippen LogP contribution in [0.5, 0.6) is 0 Å². The fourth-order valence-corrected chi connectivity index (χ4v) is 13.9. The number of hydrogen-bond donors (Lipinski definition) is 0. The Morgan fingerprint density at radius 1 is 0.386 bits per heavy atom. The zero-order chi connectivity index (χ0) is 49.1. The minimum absolute atomic E-state index is 0.0228. The minimum atomic E-state index is -1.57. The molecule has 0 radical (unpaired) electrons. The highest BCUT2D eigenvalue weighted by Gasteiger charge is 2.28. The Hall–Kier alpha value is -6.45. The molecule has 0 aliphatic carbocycles. The Balaban J connectivity index is 1.16. The second-order valence-electron chi connectivity index (χ2n) is 23.6. The molecule has 0 saturated carbocycles. The zero-order valence-electron chi connectivity index (χ0n) is 42.9. The van der Waals surface area contributed by atoms with E-state index >= 15 is 0 Å². The first-order valence-electron chi connectivity index (χ1n) is 24.9. The van der Waals surface area contributed by atoms with E-state index in [9.17, 15) is 0 Å². The van der Waals surface area contributed by atoms with Gasteiger partial charge in [-0.05, 0) is 122 Å². The van der Waals surface area contributed by atoms with Gasteiger partial charge in [-0.2, -0.15) is 0 Å². The maximum absolute atomic E-state index is 7.38. The van der Waals surface area contributed by atoms with Crippen molar-refractivity contribution < 1.29 is 4.42 Å². The SMILES string of the molecule is CC(C)(C)c1ccc(N(c2ccc([Si](C)(C)C)cc2)c2ccc3cc4c(cc3c2)oc2c(N(c3ccc(C(C)(C)C)cc3)c3ccc([Si](C)(C)C)cc3)c3sc5c6ccccc6ccc5c3cc24)cc1. The molecule has 11 rings (SSSR count). The van der Waals surface area contributed by atoms with E-state index in [1.807, 2.05) is 11.3 Å². The van der Waals surface area contributed by atoms with Crippen molar-refractivity contribution in [3.63, 3.8) is 0 Å². The van der Waals surface area contributed by atoms with Crippen LogP contribution in [0.15, 0.2) is 174 Å². The number of hydrogen-bond acceptors (Lipinski definition) is 4. The van der Waals surface area contributed by atoms with E-state index in [2.05, 4.69) is 260 Å². The second kappa shape index (κ2) is 16.6. The molecule has 0 atom stereocenters. The monoisotopic (exact) mass is 964 g/mol. The lowest BCUT2D eigenvalue weighted by Gasteiger charge is -2.28. The fraction of sp³-hybridized carbons (Fsp3) is 0.219. The van der Waals surface area contributed by atoms with Gasteiger partial charge in [-0.3, -0.25) is 0 Å². The Morgan fingerprint density at radius 2 is 0.886 bits per heavy atom. The molecule has 0 saturated heterocycles. The maximum Gasteiger partial charge on any atom is 0.160 e. The summed E-state index contributed by atoms with van der Waals surface area (Å²) in [5, 5.41) is 12.5. The molecule has 350 valence electrons. The summed E-state index contributed by atoms with van der Waals surface area (Å²) >= 11 is 1.88. The average Bonchev–Trinajstić information content (AvgIpc) is 3.88. The summed E-state index contributed by atoms with van der Waals surface area (Å²) in [6.45, 7) is 28.2. The first kappa shape index (κ1) is 46.0. The largest absolute Gasteiger partial charge is 0.454 e. The van der Waals surface area contributed by atoms with E-state index in [-0.39, 0.29) is 10.8 Å². The lowest BCUT2D eigenvalue weighted by molar-refractivity contribution is 0.590. The summed E-state index contributed by atoms with van der Waals surface area (Å²) in [7, 11) is -3.06. The molecule has 0 N–H and O–H groups in total. The van der Waals surface area contributed by atoms with Crippen LogP contribution >= 0.6 is 11.3 Å². The Kier molecular flexibility index (Phi) is 10.9. The molecule has 2 aromatic heterocycles. The van der Waals surface area contributed by atoms with E-state index in [1.54, 1.807) is 0 Å². The van der Waals surface area contributed by atoms with E-state index in [1.165, 1.54) is 57.8 Å². The van der Waals surface area contributed by atoms with Gasteiger partial charge in [0.1, 0.15) is 11.3 Å². The molecule has 0 fully saturated rings. The molecule has 0 aliphatic rings. The van der Waals surface area contributed by atoms with Gasteiger partial charge in [0.05, 0.1) is 20.8 Å². The van der Waals surface area contributed by atoms with Gasteiger partial charge in [-0.25, -0.2) is 0 Å². The summed E-state index contributed by atoms with van der Waals surface area (Å²) in [6, 6.07) is 64.4. The molecule has 0 bridgehead atoms. The lowest BCUT2D eigenvalue weighted by atomic mass is 9.87. The van der Waals surface area contributed by atoms with E-state index in [4.69, 9.17) is 4.42 Å². The van der Waals surface area contributed by atoms with Gasteiger partial charge in [0.25, 0.3) is 0 Å². The third kappa shape index (κ3) is 8.14. The normalized spacial score (nSPS) is 12.9. The van der Waals surface area contributed by atoms with Crippen LogP contribution in [-0.4, -0.2) is 16.1 Å². The summed E-state index contributed by atoms with van der Waals surface area (Å²) in [6.07, 6.45) is 0. The van der Waals surface area contributed by atoms with Crippen LogP contribution in [0.1, 0.15) is 52.7 Å². The maximum atomic E-state index is 7.38. The molecule has 9 aromatic carbocycles. The van der Waals surface area contributed by atoms with Crippen LogP contribution in [0.2, 0.25) is 39.3 Å². The predicted molar refractivity (Wildman–Crippen MR) is 314 cm³/mol. The van der Waals surface area contributed by atoms with Crippen molar-refractivity contribution in [3.05, 3.63) is 181 Å². The number of anilines is 6. The average molecular weight is 965 g/mol. The van der Waals surface area contributed by atoms with Crippen molar-refractivity contribution in [1.82, 2.24) is 0 Å². The lowest BCUT2D eigenvalue weighted by Crippen LogP contribution is -2.37. The Morgan fingerprint density at radius 3 is 1.43 bits per heavy atom. The zero-order valence-corrected chi connectivity index (χ0v) is 45.7. The van der Waals surface area contributed by atoms with Gasteiger partial charge in [0, 0.05) is 54.7 Å². The summed E-state index contributed by atoms with van der Waals surface area (Å²) in [5.41, 5.74) is 11.2. The molecule has 6 heteroatoms. The first-order chi connectivity index (χ1) is 33.2. The van der Waals surface area contributed by atoms with Crippen molar-refractivity contribution in [3.8, 4) is 0 Å². The van der Waals surface area contributed by atoms with Gasteiger partial charge in [0.2, 0.25) is 0 Å². The predicted octanol–water partition coefficient (Wildman–Crippen LogP) is 18.9. The standard InChI is InChI=1S/C64H64N2OSSi2/c1-63(2,3)44-19-24-46(25-20-44)65(47-28-32-51(33-29-47)69(7,8)9)50-23-17-42-38-55-56-40-57-54-36-18-41-15-13-14-16-53(41)61(54)68-62(57)59(60(56)67-58(55)39-43(42)37-50)66(48-26-21-45(22-27-48)64(4,5)6)49-30-34-52(35-31-49)70(10,11)12/h13-40H,1-12H3. The van der Waals surface area contributed by atoms with Gasteiger partial charge < -0.3 is 14.2 Å². The molecule has 0 aliphatic heterocycles. The molecule has 0 amide bonds. The molecule has 3 nitrogen and oxygen atoms in total. The van der Waals surface area contributed by atoms with Crippen LogP contribution in [0.25, 0.3) is 63.7 Å². The smallest absolute Gasteiger partial charge is 0.160 e. The fourth-order valence-electron chi connectivity index (χ4n) is 10.2. The van der Waals surface area contributed by atoms with Crippen LogP contribution in [-0.2, 0) is 10.8 Å². The van der Waals surface area contributed by atoms with Gasteiger partial charge >= 0.3 is 0 Å². The number of benzene rings is 9. The van der Waals surface area contributed by atoms with Gasteiger partial charge in [-0.1, -0.05) is 182 Å². The molecular formula is C64H64N2OSSi2. The van der Waals surface area contributed by atoms with Gasteiger partial charge in [0.15, 0.2) is 5.58 Å². The number of rotatable bonds is 8. The van der Waals surface area contributed by atoms with Crippen molar-refractivity contribution in [2.75, 3.05) is 9.80 Å². The molecule has 2 heterocycles. The van der Waals surface area contributed by atoms with E-state index < -0.39 is 16.1 Å². The third-order valence-corrected chi connectivity index (χ3v) is 19.8. The summed E-state index contributed by atoms with van der Waals surface area (Å²) < 4.78 is 9.90. The summed E-state index contributed by atoms with van der Waals surface area (Å²) in [5.74, 6) is 0. The highest BCUT2D eigenvalue weighted by Crippen LogP contribution is 2.52. The highest BCUT2D eigenvalue weighted by molar-refractivity contribution is 7.27. The quantitative estimate of drug-likeness (QED) is 0.142. The van der Waals surface area contributed by atoms with Gasteiger partial charge in [-0.15, -0.1) is 11.3 Å². The second-order valence-corrected chi connectivity index (χ2v) is 34.8. The van der Waals surface area contributed by atoms with Crippen molar-refractivity contribution >= 4 is 136 Å². The summed E-state index contributed by atoms with van der Waals surface area (Å²) in [4.78, 5) is 4.87. The molecular weight excluding hydrogens is 901 g/mol. The number of nitrogens with zero attached hydrogens (tertiary/aromatic N) is 2. The number of furan rings is 1. The Bertz CT molecular complexity index is 3670. The Labute approximate surface area is 420 Å². The number of thiophene rings is 1. The highest BCUT2D eigenvalue weighted by atomic mass is 32.1.